The van der Waals surface area contributed by atoms with Crippen LogP contribution in [0, 0.1) is 6.92 Å². The number of benzene rings is 2. The molecule has 0 fully saturated rings. The van der Waals surface area contributed by atoms with Crippen LogP contribution in [0.3, 0.4) is 0 Å². The summed E-state index contributed by atoms with van der Waals surface area (Å²) in [6.07, 6.45) is 9.49. The van der Waals surface area contributed by atoms with Gasteiger partial charge in [-0.2, -0.15) is 0 Å². The summed E-state index contributed by atoms with van der Waals surface area (Å²) < 4.78 is 10.7. The highest BCUT2D eigenvalue weighted by Gasteiger charge is 2.14. The molecule has 0 saturated carbocycles. The van der Waals surface area contributed by atoms with Gasteiger partial charge in [0.1, 0.15) is 5.75 Å². The second-order valence-corrected chi connectivity index (χ2v) is 7.90. The molecular formula is C25H31ClO4. The summed E-state index contributed by atoms with van der Waals surface area (Å²) in [5.41, 5.74) is 1.46. The molecule has 0 N–H and O–H groups in total. The first kappa shape index (κ1) is 23.9. The monoisotopic (exact) mass is 430 g/mol. The van der Waals surface area contributed by atoms with Gasteiger partial charge in [0.05, 0.1) is 17.7 Å². The lowest BCUT2D eigenvalue weighted by Gasteiger charge is -2.08. The fraction of sp³-hybridized carbons (Fsp3) is 0.440. The van der Waals surface area contributed by atoms with Crippen LogP contribution < -0.4 is 4.74 Å². The van der Waals surface area contributed by atoms with Crippen LogP contribution in [0.15, 0.2) is 42.5 Å². The Morgan fingerprint density at radius 2 is 1.47 bits per heavy atom. The molecule has 2 aromatic carbocycles. The van der Waals surface area contributed by atoms with Crippen molar-refractivity contribution < 1.29 is 19.1 Å². The average Bonchev–Trinajstić information content (AvgIpc) is 2.75. The van der Waals surface area contributed by atoms with Crippen LogP contribution in [-0.4, -0.2) is 18.5 Å². The van der Waals surface area contributed by atoms with Gasteiger partial charge in [0.25, 0.3) is 0 Å². The van der Waals surface area contributed by atoms with E-state index in [0.29, 0.717) is 28.5 Å². The number of carbonyl (C=O) groups excluding carboxylic acids is 2. The highest BCUT2D eigenvalue weighted by molar-refractivity contribution is 6.31. The summed E-state index contributed by atoms with van der Waals surface area (Å²) in [6, 6.07) is 11.4. The zero-order valence-corrected chi connectivity index (χ0v) is 18.7. The molecular weight excluding hydrogens is 400 g/mol. The van der Waals surface area contributed by atoms with Crippen molar-refractivity contribution in [3.05, 3.63) is 64.2 Å². The number of ether oxygens (including phenoxy) is 2. The van der Waals surface area contributed by atoms with Crippen LogP contribution in [0.1, 0.15) is 84.6 Å². The third kappa shape index (κ3) is 8.19. The lowest BCUT2D eigenvalue weighted by Crippen LogP contribution is -2.11. The molecule has 0 aliphatic heterocycles. The molecule has 4 nitrogen and oxygen atoms in total. The molecule has 2 aromatic rings. The van der Waals surface area contributed by atoms with Crippen LogP contribution in [0.25, 0.3) is 0 Å². The van der Waals surface area contributed by atoms with Crippen molar-refractivity contribution in [3.63, 3.8) is 0 Å². The smallest absolute Gasteiger partial charge is 0.343 e. The molecule has 0 spiro atoms. The first-order valence-electron chi connectivity index (χ1n) is 10.8. The van der Waals surface area contributed by atoms with E-state index in [9.17, 15) is 9.59 Å². The van der Waals surface area contributed by atoms with Crippen molar-refractivity contribution in [2.45, 2.75) is 65.2 Å². The first-order valence-corrected chi connectivity index (χ1v) is 11.1. The minimum atomic E-state index is -0.533. The van der Waals surface area contributed by atoms with Crippen molar-refractivity contribution in [1.82, 2.24) is 0 Å². The SMILES string of the molecule is CCCCCCCCCCOC(=O)c1cccc(C(=O)Oc2ccc(Cl)c(C)c2)c1. The third-order valence-corrected chi connectivity index (χ3v) is 5.33. The van der Waals surface area contributed by atoms with E-state index < -0.39 is 11.9 Å². The summed E-state index contributed by atoms with van der Waals surface area (Å²) >= 11 is 5.99. The lowest BCUT2D eigenvalue weighted by molar-refractivity contribution is 0.0497. The van der Waals surface area contributed by atoms with E-state index >= 15 is 0 Å². The Labute approximate surface area is 184 Å². The fourth-order valence-corrected chi connectivity index (χ4v) is 3.22. The van der Waals surface area contributed by atoms with Crippen LogP contribution in [0.2, 0.25) is 5.02 Å². The van der Waals surface area contributed by atoms with E-state index in [1.165, 1.54) is 44.6 Å². The van der Waals surface area contributed by atoms with Gasteiger partial charge in [-0.25, -0.2) is 9.59 Å². The number of aryl methyl sites for hydroxylation is 1. The maximum absolute atomic E-state index is 12.4. The Hall–Kier alpha value is -2.33. The van der Waals surface area contributed by atoms with Crippen molar-refractivity contribution in [3.8, 4) is 5.75 Å². The molecule has 0 aliphatic carbocycles. The summed E-state index contributed by atoms with van der Waals surface area (Å²) in [7, 11) is 0. The predicted molar refractivity (Wildman–Crippen MR) is 120 cm³/mol. The Kier molecular flexibility index (Phi) is 10.4. The largest absolute Gasteiger partial charge is 0.462 e. The van der Waals surface area contributed by atoms with E-state index in [4.69, 9.17) is 21.1 Å². The number of carbonyl (C=O) groups is 2. The highest BCUT2D eigenvalue weighted by Crippen LogP contribution is 2.22. The fourth-order valence-electron chi connectivity index (χ4n) is 3.10. The van der Waals surface area contributed by atoms with Crippen molar-refractivity contribution in [2.24, 2.45) is 0 Å². The average molecular weight is 431 g/mol. The highest BCUT2D eigenvalue weighted by atomic mass is 35.5. The molecule has 0 unspecified atom stereocenters. The van der Waals surface area contributed by atoms with Gasteiger partial charge in [-0.05, 0) is 55.3 Å². The van der Waals surface area contributed by atoms with Gasteiger partial charge in [0, 0.05) is 5.02 Å². The van der Waals surface area contributed by atoms with E-state index in [2.05, 4.69) is 6.92 Å². The molecule has 0 amide bonds. The number of halogens is 1. The summed E-state index contributed by atoms with van der Waals surface area (Å²) in [5, 5.41) is 0.607. The van der Waals surface area contributed by atoms with Gasteiger partial charge in [-0.15, -0.1) is 0 Å². The number of hydrogen-bond donors (Lipinski definition) is 0. The molecule has 0 aliphatic rings. The minimum Gasteiger partial charge on any atom is -0.462 e. The summed E-state index contributed by atoms with van der Waals surface area (Å²) in [4.78, 5) is 24.7. The zero-order chi connectivity index (χ0) is 21.8. The molecule has 5 heteroatoms. The Balaban J connectivity index is 1.77. The standard InChI is InChI=1S/C25H31ClO4/c1-3-4-5-6-7-8-9-10-16-29-24(27)20-12-11-13-21(18-20)25(28)30-22-14-15-23(26)19(2)17-22/h11-15,17-18H,3-10,16H2,1-2H3. The molecule has 2 rings (SSSR count). The quantitative estimate of drug-likeness (QED) is 0.203. The van der Waals surface area contributed by atoms with Crippen molar-refractivity contribution in [2.75, 3.05) is 6.61 Å². The Morgan fingerprint density at radius 3 is 2.13 bits per heavy atom. The van der Waals surface area contributed by atoms with Crippen LogP contribution in [0.5, 0.6) is 5.75 Å². The zero-order valence-electron chi connectivity index (χ0n) is 17.9. The second-order valence-electron chi connectivity index (χ2n) is 7.49. The molecule has 0 atom stereocenters. The van der Waals surface area contributed by atoms with Gasteiger partial charge in [-0.1, -0.05) is 69.5 Å². The maximum atomic E-state index is 12.4. The van der Waals surface area contributed by atoms with E-state index in [0.717, 1.165) is 18.4 Å². The minimum absolute atomic E-state index is 0.295. The molecule has 0 heterocycles. The lowest BCUT2D eigenvalue weighted by atomic mass is 10.1. The summed E-state index contributed by atoms with van der Waals surface area (Å²) in [6.45, 7) is 4.45. The van der Waals surface area contributed by atoms with Gasteiger partial charge in [-0.3, -0.25) is 0 Å². The van der Waals surface area contributed by atoms with Crippen molar-refractivity contribution >= 4 is 23.5 Å². The molecule has 0 saturated heterocycles. The first-order chi connectivity index (χ1) is 14.5. The third-order valence-electron chi connectivity index (χ3n) is 4.90. The Bertz CT molecular complexity index is 832. The number of hydrogen-bond acceptors (Lipinski definition) is 4. The molecule has 30 heavy (non-hydrogen) atoms. The van der Waals surface area contributed by atoms with Crippen LogP contribution in [0.4, 0.5) is 0 Å². The number of unbranched alkanes of at least 4 members (excludes halogenated alkanes) is 7. The normalized spacial score (nSPS) is 10.6. The second kappa shape index (κ2) is 13.1. The number of esters is 2. The van der Waals surface area contributed by atoms with Crippen LogP contribution in [-0.2, 0) is 4.74 Å². The predicted octanol–water partition coefficient (Wildman–Crippen LogP) is 7.17. The maximum Gasteiger partial charge on any atom is 0.343 e. The molecule has 162 valence electrons. The molecule has 0 aromatic heterocycles. The topological polar surface area (TPSA) is 52.6 Å². The van der Waals surface area contributed by atoms with Gasteiger partial charge < -0.3 is 9.47 Å². The van der Waals surface area contributed by atoms with Gasteiger partial charge in [0.2, 0.25) is 0 Å². The summed E-state index contributed by atoms with van der Waals surface area (Å²) in [5.74, 6) is -0.547. The van der Waals surface area contributed by atoms with Crippen LogP contribution >= 0.6 is 11.6 Å². The molecule has 0 bridgehead atoms. The van der Waals surface area contributed by atoms with E-state index in [1.807, 2.05) is 6.92 Å². The van der Waals surface area contributed by atoms with Gasteiger partial charge in [0.15, 0.2) is 0 Å². The van der Waals surface area contributed by atoms with E-state index in [-0.39, 0.29) is 0 Å². The van der Waals surface area contributed by atoms with Crippen molar-refractivity contribution in [1.29, 1.82) is 0 Å². The number of rotatable bonds is 12. The Morgan fingerprint density at radius 1 is 0.833 bits per heavy atom. The van der Waals surface area contributed by atoms with E-state index in [1.54, 1.807) is 36.4 Å². The van der Waals surface area contributed by atoms with Gasteiger partial charge >= 0.3 is 11.9 Å². The molecule has 0 radical (unpaired) electrons.